The molecule has 2 N–H and O–H groups in total. The molecule has 0 atom stereocenters. The van der Waals surface area contributed by atoms with Crippen LogP contribution in [-0.4, -0.2) is 42.4 Å². The predicted octanol–water partition coefficient (Wildman–Crippen LogP) is 0.810. The molecule has 0 fully saturated rings. The third-order valence-corrected chi connectivity index (χ3v) is 2.48. The lowest BCUT2D eigenvalue weighted by molar-refractivity contribution is 0.00424. The van der Waals surface area contributed by atoms with Crippen LogP contribution in [0.5, 0.6) is 0 Å². The van der Waals surface area contributed by atoms with Crippen molar-refractivity contribution in [2.45, 2.75) is 12.1 Å². The molecule has 8 heteroatoms. The molecule has 0 aliphatic carbocycles. The maximum Gasteiger partial charge on any atom is 0.394 e. The van der Waals surface area contributed by atoms with Gasteiger partial charge >= 0.3 is 13.3 Å². The molecule has 5 nitrogen and oxygen atoms in total. The van der Waals surface area contributed by atoms with Crippen LogP contribution in [0.3, 0.4) is 0 Å². The number of hydrogen-bond acceptors (Lipinski definition) is 3. The molecular weight excluding hydrogens is 221 g/mol. The highest BCUT2D eigenvalue weighted by Gasteiger charge is 2.47. The van der Waals surface area contributed by atoms with Crippen molar-refractivity contribution in [2.24, 2.45) is 0 Å². The second-order valence-corrected chi connectivity index (χ2v) is 4.31. The van der Waals surface area contributed by atoms with Crippen LogP contribution in [0.15, 0.2) is 0 Å². The first kappa shape index (κ1) is 13.9. The third kappa shape index (κ3) is 4.97. The number of alkyl halides is 2. The lowest BCUT2D eigenvalue weighted by Gasteiger charge is -2.17. The zero-order valence-electron chi connectivity index (χ0n) is 7.65. The van der Waals surface area contributed by atoms with E-state index in [9.17, 15) is 13.3 Å². The molecule has 0 rings (SSSR count). The van der Waals surface area contributed by atoms with Gasteiger partial charge in [-0.25, -0.2) is 0 Å². The van der Waals surface area contributed by atoms with Gasteiger partial charge in [0.1, 0.15) is 0 Å². The number of ether oxygens (including phenoxy) is 2. The monoisotopic (exact) mass is 234 g/mol. The van der Waals surface area contributed by atoms with E-state index in [1.165, 1.54) is 7.11 Å². The molecule has 86 valence electrons. The molecule has 0 aromatic rings. The van der Waals surface area contributed by atoms with Crippen LogP contribution in [0, 0.1) is 0 Å². The summed E-state index contributed by atoms with van der Waals surface area (Å²) in [5, 5.41) is 0. The van der Waals surface area contributed by atoms with Crippen LogP contribution < -0.4 is 0 Å². The van der Waals surface area contributed by atoms with Crippen LogP contribution in [0.25, 0.3) is 0 Å². The van der Waals surface area contributed by atoms with Gasteiger partial charge in [0.25, 0.3) is 0 Å². The second kappa shape index (κ2) is 5.72. The van der Waals surface area contributed by atoms with Crippen LogP contribution >= 0.6 is 7.60 Å². The molecule has 0 aromatic carbocycles. The Balaban J connectivity index is 3.73. The van der Waals surface area contributed by atoms with Gasteiger partial charge in [-0.15, -0.1) is 0 Å². The second-order valence-electron chi connectivity index (χ2n) is 2.57. The van der Waals surface area contributed by atoms with Crippen molar-refractivity contribution in [1.82, 2.24) is 0 Å². The van der Waals surface area contributed by atoms with Crippen molar-refractivity contribution in [2.75, 3.05) is 26.9 Å². The Kier molecular flexibility index (Phi) is 5.70. The first-order valence-corrected chi connectivity index (χ1v) is 5.42. The molecule has 0 saturated heterocycles. The largest absolute Gasteiger partial charge is 0.394 e. The zero-order chi connectivity index (χ0) is 11.2. The summed E-state index contributed by atoms with van der Waals surface area (Å²) in [5.74, 6) is 0. The van der Waals surface area contributed by atoms with Crippen molar-refractivity contribution in [3.05, 3.63) is 0 Å². The Morgan fingerprint density at radius 1 is 1.29 bits per heavy atom. The number of halogens is 2. The summed E-state index contributed by atoms with van der Waals surface area (Å²) in [6, 6.07) is 0. The molecule has 0 unspecified atom stereocenters. The van der Waals surface area contributed by atoms with Crippen molar-refractivity contribution >= 4 is 7.60 Å². The minimum Gasteiger partial charge on any atom is -0.382 e. The minimum absolute atomic E-state index is 0.119. The fourth-order valence-electron chi connectivity index (χ4n) is 0.585. The van der Waals surface area contributed by atoms with E-state index in [4.69, 9.17) is 9.79 Å². The van der Waals surface area contributed by atoms with Crippen LogP contribution in [-0.2, 0) is 14.0 Å². The average Bonchev–Trinajstić information content (AvgIpc) is 2.02. The summed E-state index contributed by atoms with van der Waals surface area (Å²) < 4.78 is 44.6. The highest BCUT2D eigenvalue weighted by atomic mass is 31.2. The van der Waals surface area contributed by atoms with E-state index in [1.54, 1.807) is 0 Å². The molecule has 0 aliphatic rings. The fraction of sp³-hybridized carbons (Fsp3) is 1.00. The molecule has 0 heterocycles. The van der Waals surface area contributed by atoms with Gasteiger partial charge < -0.3 is 19.3 Å². The molecule has 0 bridgehead atoms. The molecule has 0 aliphatic heterocycles. The maximum atomic E-state index is 12.6. The number of hydrogen-bond donors (Lipinski definition) is 2. The van der Waals surface area contributed by atoms with Crippen LogP contribution in [0.4, 0.5) is 8.78 Å². The summed E-state index contributed by atoms with van der Waals surface area (Å²) in [5.41, 5.74) is -4.01. The minimum atomic E-state index is -5.37. The molecule has 14 heavy (non-hydrogen) atoms. The Morgan fingerprint density at radius 2 is 1.86 bits per heavy atom. The van der Waals surface area contributed by atoms with Gasteiger partial charge in [-0.1, -0.05) is 0 Å². The summed E-state index contributed by atoms with van der Waals surface area (Å²) >= 11 is 0. The Morgan fingerprint density at radius 3 is 2.29 bits per heavy atom. The lowest BCUT2D eigenvalue weighted by atomic mass is 10.5. The molecule has 0 aromatic heterocycles. The third-order valence-electron chi connectivity index (χ3n) is 1.41. The Hall–Kier alpha value is -0.0700. The first-order valence-electron chi connectivity index (χ1n) is 3.81. The highest BCUT2D eigenvalue weighted by molar-refractivity contribution is 7.53. The summed E-state index contributed by atoms with van der Waals surface area (Å²) in [6.45, 7) is -0.0449. The van der Waals surface area contributed by atoms with Gasteiger partial charge in [0.05, 0.1) is 19.8 Å². The van der Waals surface area contributed by atoms with Gasteiger partial charge in [0, 0.05) is 13.5 Å². The quantitative estimate of drug-likeness (QED) is 0.503. The summed E-state index contributed by atoms with van der Waals surface area (Å²) in [4.78, 5) is 16.5. The van der Waals surface area contributed by atoms with Gasteiger partial charge in [0.2, 0.25) is 0 Å². The average molecular weight is 234 g/mol. The van der Waals surface area contributed by atoms with E-state index in [-0.39, 0.29) is 13.2 Å². The maximum absolute atomic E-state index is 12.6. The van der Waals surface area contributed by atoms with Gasteiger partial charge in [0.15, 0.2) is 0 Å². The molecular formula is C6H13F2O5P. The predicted molar refractivity (Wildman–Crippen MR) is 44.3 cm³/mol. The molecule has 0 amide bonds. The Bertz CT molecular complexity index is 204. The van der Waals surface area contributed by atoms with E-state index in [0.29, 0.717) is 0 Å². The van der Waals surface area contributed by atoms with E-state index in [1.807, 2.05) is 0 Å². The van der Waals surface area contributed by atoms with E-state index in [2.05, 4.69) is 9.47 Å². The summed E-state index contributed by atoms with van der Waals surface area (Å²) in [6.07, 6.45) is -0.999. The standard InChI is InChI=1S/C6H13F2O5P/c1-12-4-5-13-3-2-6(7,8)14(9,10)11/h2-5H2,1H3,(H2,9,10,11). The number of rotatable bonds is 7. The normalized spacial score (nSPS) is 13.2. The van der Waals surface area contributed by atoms with Gasteiger partial charge in [-0.3, -0.25) is 4.57 Å². The van der Waals surface area contributed by atoms with Crippen LogP contribution in [0.2, 0.25) is 0 Å². The number of methoxy groups -OCH3 is 1. The summed E-state index contributed by atoms with van der Waals surface area (Å²) in [7, 11) is -3.94. The first-order chi connectivity index (χ1) is 6.31. The molecule has 0 saturated carbocycles. The van der Waals surface area contributed by atoms with E-state index >= 15 is 0 Å². The molecule has 0 radical (unpaired) electrons. The van der Waals surface area contributed by atoms with Crippen LogP contribution in [0.1, 0.15) is 6.42 Å². The molecule has 0 spiro atoms. The lowest BCUT2D eigenvalue weighted by Crippen LogP contribution is -2.19. The van der Waals surface area contributed by atoms with Crippen molar-refractivity contribution in [3.63, 3.8) is 0 Å². The van der Waals surface area contributed by atoms with Crippen molar-refractivity contribution in [3.8, 4) is 0 Å². The van der Waals surface area contributed by atoms with Crippen molar-refractivity contribution < 1.29 is 32.6 Å². The SMILES string of the molecule is COCCOCCC(F)(F)P(=O)(O)O. The highest BCUT2D eigenvalue weighted by Crippen LogP contribution is 2.54. The zero-order valence-corrected chi connectivity index (χ0v) is 8.55. The van der Waals surface area contributed by atoms with Gasteiger partial charge in [-0.2, -0.15) is 8.78 Å². The van der Waals surface area contributed by atoms with E-state index < -0.39 is 26.3 Å². The van der Waals surface area contributed by atoms with E-state index in [0.717, 1.165) is 0 Å². The van der Waals surface area contributed by atoms with Gasteiger partial charge in [-0.05, 0) is 0 Å². The topological polar surface area (TPSA) is 76.0 Å². The van der Waals surface area contributed by atoms with Crippen molar-refractivity contribution in [1.29, 1.82) is 0 Å². The Labute approximate surface area is 80.2 Å². The smallest absolute Gasteiger partial charge is 0.382 e. The fourth-order valence-corrected chi connectivity index (χ4v) is 0.968.